The van der Waals surface area contributed by atoms with Gasteiger partial charge in [-0.25, -0.2) is 0 Å². The minimum atomic E-state index is 0.0747. The van der Waals surface area contributed by atoms with Crippen LogP contribution in [0.3, 0.4) is 0 Å². The number of hydrogen-bond acceptors (Lipinski definition) is 3. The minimum Gasteiger partial charge on any atom is -0.383 e. The molecule has 0 radical (unpaired) electrons. The molecular weight excluding hydrogens is 312 g/mol. The van der Waals surface area contributed by atoms with Crippen LogP contribution in [0.1, 0.15) is 48.5 Å². The molecule has 0 atom stereocenters. The quantitative estimate of drug-likeness (QED) is 0.826. The van der Waals surface area contributed by atoms with E-state index in [0.29, 0.717) is 11.3 Å². The summed E-state index contributed by atoms with van der Waals surface area (Å²) >= 11 is 0. The van der Waals surface area contributed by atoms with Crippen LogP contribution in [0.25, 0.3) is 0 Å². The van der Waals surface area contributed by atoms with Crippen molar-refractivity contribution in [3.8, 4) is 0 Å². The van der Waals surface area contributed by atoms with Crippen molar-refractivity contribution in [1.29, 1.82) is 0 Å². The fourth-order valence-electron chi connectivity index (χ4n) is 4.46. The van der Waals surface area contributed by atoms with Gasteiger partial charge in [0.15, 0.2) is 0 Å². The van der Waals surface area contributed by atoms with Crippen LogP contribution in [-0.4, -0.2) is 50.7 Å². The zero-order valence-electron chi connectivity index (χ0n) is 15.7. The molecule has 1 aliphatic heterocycles. The second-order valence-electron chi connectivity index (χ2n) is 7.87. The molecule has 0 bridgehead atoms. The maximum Gasteiger partial charge on any atom is 0.251 e. The third-order valence-corrected chi connectivity index (χ3v) is 6.12. The highest BCUT2D eigenvalue weighted by Crippen LogP contribution is 2.52. The number of benzene rings is 1. The number of nitrogens with zero attached hydrogens (tertiary/aromatic N) is 1. The Hall–Kier alpha value is -1.39. The van der Waals surface area contributed by atoms with Crippen LogP contribution in [0.4, 0.5) is 0 Å². The first-order valence-corrected chi connectivity index (χ1v) is 9.72. The van der Waals surface area contributed by atoms with Gasteiger partial charge in [0, 0.05) is 25.8 Å². The minimum absolute atomic E-state index is 0.0747. The van der Waals surface area contributed by atoms with E-state index in [4.69, 9.17) is 4.74 Å². The molecular formula is C21H32N2O2. The van der Waals surface area contributed by atoms with Crippen molar-refractivity contribution in [1.82, 2.24) is 10.2 Å². The number of likely N-dealkylation sites (tertiary alicyclic amines) is 1. The number of nitrogens with one attached hydrogen (secondary N) is 1. The number of carbonyl (C=O) groups excluding carboxylic acids is 1. The molecule has 1 amide bonds. The Morgan fingerprint density at radius 2 is 2.08 bits per heavy atom. The highest BCUT2D eigenvalue weighted by molar-refractivity contribution is 5.94. The summed E-state index contributed by atoms with van der Waals surface area (Å²) < 4.78 is 5.18. The van der Waals surface area contributed by atoms with Gasteiger partial charge in [-0.3, -0.25) is 4.79 Å². The summed E-state index contributed by atoms with van der Waals surface area (Å²) in [5, 5.41) is 3.14. The first-order valence-electron chi connectivity index (χ1n) is 9.72. The number of rotatable bonds is 7. The molecule has 1 N–H and O–H groups in total. The average molecular weight is 344 g/mol. The molecule has 4 heteroatoms. The van der Waals surface area contributed by atoms with E-state index in [1.54, 1.807) is 7.11 Å². The fraction of sp³-hybridized carbons (Fsp3) is 0.667. The van der Waals surface area contributed by atoms with E-state index < -0.39 is 0 Å². The molecule has 1 aliphatic carbocycles. The molecule has 1 saturated carbocycles. The molecule has 0 aromatic heterocycles. The van der Waals surface area contributed by atoms with E-state index in [2.05, 4.69) is 23.2 Å². The van der Waals surface area contributed by atoms with E-state index in [9.17, 15) is 4.79 Å². The average Bonchev–Trinajstić information content (AvgIpc) is 2.63. The van der Waals surface area contributed by atoms with Gasteiger partial charge < -0.3 is 15.0 Å². The Morgan fingerprint density at radius 3 is 2.76 bits per heavy atom. The van der Waals surface area contributed by atoms with Crippen molar-refractivity contribution in [2.24, 2.45) is 11.3 Å². The molecule has 1 aromatic carbocycles. The first-order chi connectivity index (χ1) is 12.1. The summed E-state index contributed by atoms with van der Waals surface area (Å²) in [4.78, 5) is 14.9. The normalized spacial score (nSPS) is 20.4. The van der Waals surface area contributed by atoms with Gasteiger partial charge in [-0.15, -0.1) is 0 Å². The van der Waals surface area contributed by atoms with Crippen molar-refractivity contribution in [3.63, 3.8) is 0 Å². The second kappa shape index (κ2) is 8.33. The molecule has 1 aromatic rings. The molecule has 0 unspecified atom stereocenters. The summed E-state index contributed by atoms with van der Waals surface area (Å²) in [5.41, 5.74) is 2.57. The van der Waals surface area contributed by atoms with Crippen LogP contribution in [-0.2, 0) is 11.2 Å². The Balaban J connectivity index is 1.38. The van der Waals surface area contributed by atoms with Crippen LogP contribution in [0.15, 0.2) is 24.3 Å². The molecule has 2 aliphatic rings. The van der Waals surface area contributed by atoms with Gasteiger partial charge in [0.25, 0.3) is 5.91 Å². The first kappa shape index (κ1) is 18.4. The molecule has 1 saturated heterocycles. The van der Waals surface area contributed by atoms with E-state index >= 15 is 0 Å². The maximum atomic E-state index is 12.3. The summed E-state index contributed by atoms with van der Waals surface area (Å²) in [6.07, 6.45) is 6.13. The van der Waals surface area contributed by atoms with E-state index in [1.807, 2.05) is 18.2 Å². The van der Waals surface area contributed by atoms with Crippen LogP contribution < -0.4 is 5.32 Å². The van der Waals surface area contributed by atoms with Gasteiger partial charge >= 0.3 is 0 Å². The van der Waals surface area contributed by atoms with Crippen molar-refractivity contribution in [2.75, 3.05) is 39.9 Å². The summed E-state index contributed by atoms with van der Waals surface area (Å²) in [6.45, 7) is 7.23. The van der Waals surface area contributed by atoms with Gasteiger partial charge in [-0.2, -0.15) is 0 Å². The van der Waals surface area contributed by atoms with Gasteiger partial charge in [-0.1, -0.05) is 19.1 Å². The number of methoxy groups -OCH3 is 1. The Morgan fingerprint density at radius 1 is 1.32 bits per heavy atom. The highest BCUT2D eigenvalue weighted by Gasteiger charge is 2.45. The number of piperidine rings is 1. The molecule has 1 heterocycles. The zero-order valence-corrected chi connectivity index (χ0v) is 15.7. The Bertz CT molecular complexity index is 571. The third-order valence-electron chi connectivity index (χ3n) is 6.12. The standard InChI is InChI=1S/C21H32N2O2/c1-3-17-5-4-6-19(13-17)20(24)22-16-18-14-21(15-18)7-9-23(10-8-21)11-12-25-2/h4-6,13,18H,3,7-12,14-16H2,1-2H3,(H,22,24). The highest BCUT2D eigenvalue weighted by atomic mass is 16.5. The lowest BCUT2D eigenvalue weighted by Gasteiger charge is -2.52. The molecule has 4 nitrogen and oxygen atoms in total. The molecule has 1 spiro atoms. The lowest BCUT2D eigenvalue weighted by Crippen LogP contribution is -2.50. The van der Waals surface area contributed by atoms with Crippen molar-refractivity contribution in [2.45, 2.75) is 39.0 Å². The SMILES string of the molecule is CCc1cccc(C(=O)NCC2CC3(CCN(CCOC)CC3)C2)c1. The van der Waals surface area contributed by atoms with E-state index in [1.165, 1.54) is 44.3 Å². The summed E-state index contributed by atoms with van der Waals surface area (Å²) in [6, 6.07) is 7.97. The topological polar surface area (TPSA) is 41.6 Å². The van der Waals surface area contributed by atoms with Crippen molar-refractivity contribution >= 4 is 5.91 Å². The number of hydrogen-bond donors (Lipinski definition) is 1. The number of aryl methyl sites for hydroxylation is 1. The number of carbonyl (C=O) groups is 1. The molecule has 3 rings (SSSR count). The van der Waals surface area contributed by atoms with Gasteiger partial charge in [0.1, 0.15) is 0 Å². The van der Waals surface area contributed by atoms with Gasteiger partial charge in [-0.05, 0) is 74.2 Å². The second-order valence-corrected chi connectivity index (χ2v) is 7.87. The largest absolute Gasteiger partial charge is 0.383 e. The van der Waals surface area contributed by atoms with Gasteiger partial charge in [0.05, 0.1) is 6.61 Å². The predicted molar refractivity (Wildman–Crippen MR) is 101 cm³/mol. The molecule has 25 heavy (non-hydrogen) atoms. The van der Waals surface area contributed by atoms with Gasteiger partial charge in [0.2, 0.25) is 0 Å². The fourth-order valence-corrected chi connectivity index (χ4v) is 4.46. The molecule has 2 fully saturated rings. The van der Waals surface area contributed by atoms with Crippen LogP contribution in [0.2, 0.25) is 0 Å². The summed E-state index contributed by atoms with van der Waals surface area (Å²) in [7, 11) is 1.77. The van der Waals surface area contributed by atoms with Crippen LogP contribution in [0.5, 0.6) is 0 Å². The van der Waals surface area contributed by atoms with E-state index in [-0.39, 0.29) is 5.91 Å². The summed E-state index contributed by atoms with van der Waals surface area (Å²) in [5.74, 6) is 0.731. The lowest BCUT2D eigenvalue weighted by molar-refractivity contribution is -0.0165. The Kier molecular flexibility index (Phi) is 6.13. The van der Waals surface area contributed by atoms with Crippen molar-refractivity contribution in [3.05, 3.63) is 35.4 Å². The Labute approximate surface area is 151 Å². The number of ether oxygens (including phenoxy) is 1. The predicted octanol–water partition coefficient (Wildman–Crippen LogP) is 3.12. The van der Waals surface area contributed by atoms with Crippen molar-refractivity contribution < 1.29 is 9.53 Å². The molecule has 138 valence electrons. The van der Waals surface area contributed by atoms with Crippen LogP contribution >= 0.6 is 0 Å². The zero-order chi connectivity index (χ0) is 17.7. The van der Waals surface area contributed by atoms with Crippen LogP contribution in [0, 0.1) is 11.3 Å². The number of amides is 1. The lowest BCUT2D eigenvalue weighted by atomic mass is 9.57. The maximum absolute atomic E-state index is 12.3. The smallest absolute Gasteiger partial charge is 0.251 e. The monoisotopic (exact) mass is 344 g/mol. The third kappa shape index (κ3) is 4.62. The van der Waals surface area contributed by atoms with E-state index in [0.717, 1.165) is 31.7 Å².